The second-order valence-electron chi connectivity index (χ2n) is 4.51. The summed E-state index contributed by atoms with van der Waals surface area (Å²) in [5, 5.41) is 19.1. The van der Waals surface area contributed by atoms with Crippen molar-refractivity contribution < 1.29 is 10.2 Å². The monoisotopic (exact) mass is 236 g/mol. The van der Waals surface area contributed by atoms with Crippen molar-refractivity contribution in [3.05, 3.63) is 30.3 Å². The number of benzene rings is 1. The second kappa shape index (κ2) is 5.49. The SMILES string of the molecule is CC(O)C(O)N1CCN(c2ccccc2)CC1. The highest BCUT2D eigenvalue weighted by molar-refractivity contribution is 5.46. The highest BCUT2D eigenvalue weighted by atomic mass is 16.3. The molecule has 0 radical (unpaired) electrons. The summed E-state index contributed by atoms with van der Waals surface area (Å²) in [4.78, 5) is 4.22. The Balaban J connectivity index is 1.90. The Hall–Kier alpha value is -1.10. The van der Waals surface area contributed by atoms with Crippen molar-refractivity contribution in [3.63, 3.8) is 0 Å². The molecule has 0 bridgehead atoms. The van der Waals surface area contributed by atoms with Crippen LogP contribution in [-0.2, 0) is 0 Å². The average molecular weight is 236 g/mol. The minimum absolute atomic E-state index is 0.696. The molecule has 0 spiro atoms. The third-order valence-electron chi connectivity index (χ3n) is 3.24. The molecule has 2 N–H and O–H groups in total. The Labute approximate surface area is 102 Å². The molecule has 1 fully saturated rings. The Morgan fingerprint density at radius 2 is 1.59 bits per heavy atom. The van der Waals surface area contributed by atoms with Crippen LogP contribution in [0.15, 0.2) is 30.3 Å². The zero-order valence-electron chi connectivity index (χ0n) is 10.2. The van der Waals surface area contributed by atoms with E-state index in [4.69, 9.17) is 0 Å². The fourth-order valence-corrected chi connectivity index (χ4v) is 2.19. The molecule has 1 aliphatic rings. The number of rotatable bonds is 3. The number of hydrogen-bond acceptors (Lipinski definition) is 4. The molecular weight excluding hydrogens is 216 g/mol. The minimum atomic E-state index is -0.743. The van der Waals surface area contributed by atoms with E-state index in [0.717, 1.165) is 26.2 Å². The van der Waals surface area contributed by atoms with E-state index in [1.807, 2.05) is 23.1 Å². The fraction of sp³-hybridized carbons (Fsp3) is 0.538. The minimum Gasteiger partial charge on any atom is -0.389 e. The van der Waals surface area contributed by atoms with E-state index in [0.29, 0.717) is 0 Å². The van der Waals surface area contributed by atoms with Gasteiger partial charge in [0.1, 0.15) is 6.23 Å². The van der Waals surface area contributed by atoms with Crippen LogP contribution in [0.25, 0.3) is 0 Å². The maximum atomic E-state index is 9.77. The van der Waals surface area contributed by atoms with Crippen LogP contribution < -0.4 is 4.90 Å². The molecular formula is C13H20N2O2. The first-order chi connectivity index (χ1) is 8.18. The van der Waals surface area contributed by atoms with Crippen LogP contribution in [0.3, 0.4) is 0 Å². The number of piperazine rings is 1. The normalized spacial score (nSPS) is 21.2. The summed E-state index contributed by atoms with van der Waals surface area (Å²) in [5.41, 5.74) is 1.22. The van der Waals surface area contributed by atoms with E-state index < -0.39 is 12.3 Å². The highest BCUT2D eigenvalue weighted by Crippen LogP contribution is 2.16. The number of aliphatic hydroxyl groups is 2. The summed E-state index contributed by atoms with van der Waals surface area (Å²) in [6.07, 6.45) is -1.44. The van der Waals surface area contributed by atoms with Crippen LogP contribution in [0.2, 0.25) is 0 Å². The van der Waals surface area contributed by atoms with Crippen molar-refractivity contribution in [3.8, 4) is 0 Å². The largest absolute Gasteiger partial charge is 0.389 e. The van der Waals surface area contributed by atoms with Crippen LogP contribution in [0.5, 0.6) is 0 Å². The lowest BCUT2D eigenvalue weighted by atomic mass is 10.2. The molecule has 94 valence electrons. The first kappa shape index (κ1) is 12.4. The van der Waals surface area contributed by atoms with Gasteiger partial charge in [-0.05, 0) is 19.1 Å². The molecule has 4 nitrogen and oxygen atoms in total. The zero-order chi connectivity index (χ0) is 12.3. The van der Waals surface area contributed by atoms with Gasteiger partial charge in [0.25, 0.3) is 0 Å². The van der Waals surface area contributed by atoms with Gasteiger partial charge in [0.2, 0.25) is 0 Å². The lowest BCUT2D eigenvalue weighted by Gasteiger charge is -2.39. The lowest BCUT2D eigenvalue weighted by Crippen LogP contribution is -2.53. The lowest BCUT2D eigenvalue weighted by molar-refractivity contribution is -0.0772. The molecule has 0 aromatic heterocycles. The summed E-state index contributed by atoms with van der Waals surface area (Å²) in [5.74, 6) is 0. The highest BCUT2D eigenvalue weighted by Gasteiger charge is 2.24. The molecule has 2 rings (SSSR count). The van der Waals surface area contributed by atoms with Gasteiger partial charge in [-0.15, -0.1) is 0 Å². The second-order valence-corrected chi connectivity index (χ2v) is 4.51. The molecule has 1 aromatic rings. The van der Waals surface area contributed by atoms with Gasteiger partial charge in [-0.1, -0.05) is 18.2 Å². The van der Waals surface area contributed by atoms with Gasteiger partial charge in [-0.2, -0.15) is 0 Å². The molecule has 0 aliphatic carbocycles. The number of anilines is 1. The molecule has 2 atom stereocenters. The number of aliphatic hydroxyl groups excluding tert-OH is 2. The van der Waals surface area contributed by atoms with Crippen molar-refractivity contribution in [1.82, 2.24) is 4.90 Å². The van der Waals surface area contributed by atoms with E-state index in [1.54, 1.807) is 6.92 Å². The van der Waals surface area contributed by atoms with Crippen LogP contribution >= 0.6 is 0 Å². The molecule has 0 saturated carbocycles. The number of hydrogen-bond donors (Lipinski definition) is 2. The van der Waals surface area contributed by atoms with Crippen molar-refractivity contribution >= 4 is 5.69 Å². The third-order valence-corrected chi connectivity index (χ3v) is 3.24. The van der Waals surface area contributed by atoms with Gasteiger partial charge in [0.15, 0.2) is 0 Å². The molecule has 17 heavy (non-hydrogen) atoms. The predicted octanol–water partition coefficient (Wildman–Crippen LogP) is 0.508. The van der Waals surface area contributed by atoms with Gasteiger partial charge in [-0.25, -0.2) is 0 Å². The van der Waals surface area contributed by atoms with E-state index in [-0.39, 0.29) is 0 Å². The Kier molecular flexibility index (Phi) is 3.99. The Bertz CT molecular complexity index is 335. The van der Waals surface area contributed by atoms with Gasteiger partial charge in [0.05, 0.1) is 6.10 Å². The van der Waals surface area contributed by atoms with Crippen LogP contribution in [0.1, 0.15) is 6.92 Å². The van der Waals surface area contributed by atoms with E-state index in [9.17, 15) is 10.2 Å². The van der Waals surface area contributed by atoms with Crippen LogP contribution in [-0.4, -0.2) is 53.6 Å². The van der Waals surface area contributed by atoms with E-state index in [2.05, 4.69) is 17.0 Å². The summed E-state index contributed by atoms with van der Waals surface area (Å²) in [6, 6.07) is 10.3. The predicted molar refractivity (Wildman–Crippen MR) is 67.9 cm³/mol. The van der Waals surface area contributed by atoms with Crippen LogP contribution in [0.4, 0.5) is 5.69 Å². The van der Waals surface area contributed by atoms with Crippen molar-refractivity contribution in [2.24, 2.45) is 0 Å². The third kappa shape index (κ3) is 2.97. The molecule has 1 aromatic carbocycles. The zero-order valence-corrected chi connectivity index (χ0v) is 10.2. The average Bonchev–Trinajstić information content (AvgIpc) is 2.39. The standard InChI is InChI=1S/C13H20N2O2/c1-11(16)13(17)15-9-7-14(8-10-15)12-5-3-2-4-6-12/h2-6,11,13,16-17H,7-10H2,1H3. The van der Waals surface area contributed by atoms with E-state index in [1.165, 1.54) is 5.69 Å². The van der Waals surface area contributed by atoms with Gasteiger partial charge in [-0.3, -0.25) is 4.90 Å². The first-order valence-corrected chi connectivity index (χ1v) is 6.08. The molecule has 0 amide bonds. The van der Waals surface area contributed by atoms with E-state index >= 15 is 0 Å². The van der Waals surface area contributed by atoms with Crippen molar-refractivity contribution in [2.45, 2.75) is 19.3 Å². The topological polar surface area (TPSA) is 46.9 Å². The smallest absolute Gasteiger partial charge is 0.133 e. The number of nitrogens with zero attached hydrogens (tertiary/aromatic N) is 2. The summed E-state index contributed by atoms with van der Waals surface area (Å²) >= 11 is 0. The molecule has 2 unspecified atom stereocenters. The summed E-state index contributed by atoms with van der Waals surface area (Å²) in [7, 11) is 0. The number of para-hydroxylation sites is 1. The van der Waals surface area contributed by atoms with Gasteiger partial charge in [0, 0.05) is 31.9 Å². The maximum absolute atomic E-state index is 9.77. The van der Waals surface area contributed by atoms with Crippen molar-refractivity contribution in [2.75, 3.05) is 31.1 Å². The first-order valence-electron chi connectivity index (χ1n) is 6.08. The Morgan fingerprint density at radius 3 is 2.12 bits per heavy atom. The summed E-state index contributed by atoms with van der Waals surface area (Å²) < 4.78 is 0. The molecule has 1 aliphatic heterocycles. The maximum Gasteiger partial charge on any atom is 0.133 e. The van der Waals surface area contributed by atoms with Gasteiger partial charge < -0.3 is 15.1 Å². The summed E-state index contributed by atoms with van der Waals surface area (Å²) in [6.45, 7) is 4.94. The van der Waals surface area contributed by atoms with Crippen LogP contribution in [0, 0.1) is 0 Å². The quantitative estimate of drug-likeness (QED) is 0.802. The molecule has 1 saturated heterocycles. The fourth-order valence-electron chi connectivity index (χ4n) is 2.19. The molecule has 4 heteroatoms. The van der Waals surface area contributed by atoms with Crippen molar-refractivity contribution in [1.29, 1.82) is 0 Å². The molecule has 1 heterocycles. The Morgan fingerprint density at radius 1 is 1.00 bits per heavy atom. The van der Waals surface area contributed by atoms with Gasteiger partial charge >= 0.3 is 0 Å².